The summed E-state index contributed by atoms with van der Waals surface area (Å²) in [6, 6.07) is 12.9. The summed E-state index contributed by atoms with van der Waals surface area (Å²) in [5.74, 6) is 0.471. The van der Waals surface area contributed by atoms with Gasteiger partial charge in [0.05, 0.1) is 10.2 Å². The highest BCUT2D eigenvalue weighted by Gasteiger charge is 2.20. The van der Waals surface area contributed by atoms with Crippen LogP contribution in [0.1, 0.15) is 0 Å². The Balaban J connectivity index is 0.00000280. The zero-order chi connectivity index (χ0) is 19.4. The Kier molecular flexibility index (Phi) is 8.52. The van der Waals surface area contributed by atoms with Gasteiger partial charge in [-0.25, -0.2) is 4.98 Å². The van der Waals surface area contributed by atoms with E-state index in [9.17, 15) is 4.79 Å². The molecule has 0 N–H and O–H groups in total. The van der Waals surface area contributed by atoms with Crippen LogP contribution in [0, 0.1) is 0 Å². The SMILES string of the molecule is CN(C)CCN(C(=O)COc1ccc(Cl)cc1)c1nc2ccc(Br)cc2s1.Cl. The summed E-state index contributed by atoms with van der Waals surface area (Å²) in [7, 11) is 3.95. The molecule has 150 valence electrons. The highest BCUT2D eigenvalue weighted by Crippen LogP contribution is 2.31. The summed E-state index contributed by atoms with van der Waals surface area (Å²) in [5, 5.41) is 1.30. The first-order valence-electron chi connectivity index (χ1n) is 8.32. The van der Waals surface area contributed by atoms with Crippen molar-refractivity contribution >= 4 is 72.5 Å². The number of fused-ring (bicyclic) bond motifs is 1. The molecular weight excluding hydrogens is 485 g/mol. The first-order valence-corrected chi connectivity index (χ1v) is 10.3. The third kappa shape index (κ3) is 6.06. The minimum absolute atomic E-state index is 0. The Morgan fingerprint density at radius 1 is 1.18 bits per heavy atom. The van der Waals surface area contributed by atoms with Crippen LogP contribution in [-0.4, -0.2) is 49.6 Å². The average Bonchev–Trinajstić information content (AvgIpc) is 3.03. The zero-order valence-electron chi connectivity index (χ0n) is 15.4. The van der Waals surface area contributed by atoms with Gasteiger partial charge in [-0.05, 0) is 56.6 Å². The number of hydrogen-bond donors (Lipinski definition) is 0. The fourth-order valence-corrected chi connectivity index (χ4v) is 4.07. The molecule has 0 aliphatic carbocycles. The minimum Gasteiger partial charge on any atom is -0.484 e. The van der Waals surface area contributed by atoms with Gasteiger partial charge in [0.15, 0.2) is 11.7 Å². The third-order valence-electron chi connectivity index (χ3n) is 3.82. The maximum absolute atomic E-state index is 12.9. The predicted octanol–water partition coefficient (Wildman–Crippen LogP) is 5.11. The Hall–Kier alpha value is -1.38. The molecule has 1 heterocycles. The Labute approximate surface area is 187 Å². The molecule has 9 heteroatoms. The largest absolute Gasteiger partial charge is 0.484 e. The van der Waals surface area contributed by atoms with Gasteiger partial charge >= 0.3 is 0 Å². The maximum atomic E-state index is 12.9. The number of carbonyl (C=O) groups is 1. The van der Waals surface area contributed by atoms with Crippen molar-refractivity contribution in [3.63, 3.8) is 0 Å². The van der Waals surface area contributed by atoms with Crippen molar-refractivity contribution in [1.82, 2.24) is 9.88 Å². The third-order valence-corrected chi connectivity index (χ3v) is 5.60. The van der Waals surface area contributed by atoms with Gasteiger partial charge in [-0.3, -0.25) is 9.69 Å². The number of hydrogen-bond acceptors (Lipinski definition) is 5. The van der Waals surface area contributed by atoms with Crippen LogP contribution in [0.3, 0.4) is 0 Å². The Bertz CT molecular complexity index is 935. The summed E-state index contributed by atoms with van der Waals surface area (Å²) >= 11 is 10.9. The predicted molar refractivity (Wildman–Crippen MR) is 122 cm³/mol. The summed E-state index contributed by atoms with van der Waals surface area (Å²) in [4.78, 5) is 21.2. The lowest BCUT2D eigenvalue weighted by molar-refractivity contribution is -0.120. The number of anilines is 1. The molecule has 0 aliphatic heterocycles. The van der Waals surface area contributed by atoms with Crippen molar-refractivity contribution in [3.05, 3.63) is 52.0 Å². The van der Waals surface area contributed by atoms with Crippen LogP contribution in [-0.2, 0) is 4.79 Å². The van der Waals surface area contributed by atoms with Crippen molar-refractivity contribution in [1.29, 1.82) is 0 Å². The molecule has 0 radical (unpaired) electrons. The summed E-state index contributed by atoms with van der Waals surface area (Å²) < 4.78 is 7.65. The normalized spacial score (nSPS) is 10.8. The summed E-state index contributed by atoms with van der Waals surface area (Å²) in [6.07, 6.45) is 0. The number of carbonyl (C=O) groups excluding carboxylic acids is 1. The molecule has 1 aromatic heterocycles. The summed E-state index contributed by atoms with van der Waals surface area (Å²) in [5.41, 5.74) is 0.875. The van der Waals surface area contributed by atoms with Crippen LogP contribution in [0.4, 0.5) is 5.13 Å². The van der Waals surface area contributed by atoms with Crippen LogP contribution in [0.2, 0.25) is 5.02 Å². The lowest BCUT2D eigenvalue weighted by atomic mass is 10.3. The number of amides is 1. The number of likely N-dealkylation sites (N-methyl/N-ethyl adjacent to an activating group) is 1. The molecule has 3 aromatic rings. The van der Waals surface area contributed by atoms with E-state index >= 15 is 0 Å². The van der Waals surface area contributed by atoms with Gasteiger partial charge in [-0.2, -0.15) is 0 Å². The van der Waals surface area contributed by atoms with E-state index in [0.717, 1.165) is 21.2 Å². The molecule has 1 amide bonds. The monoisotopic (exact) mass is 503 g/mol. The highest BCUT2D eigenvalue weighted by atomic mass is 79.9. The van der Waals surface area contributed by atoms with Crippen molar-refractivity contribution in [2.45, 2.75) is 0 Å². The topological polar surface area (TPSA) is 45.7 Å². The van der Waals surface area contributed by atoms with Crippen molar-refractivity contribution in [2.75, 3.05) is 38.7 Å². The van der Waals surface area contributed by atoms with Gasteiger partial charge in [0.2, 0.25) is 0 Å². The van der Waals surface area contributed by atoms with Gasteiger partial charge in [0, 0.05) is 22.6 Å². The van der Waals surface area contributed by atoms with Crippen molar-refractivity contribution in [3.8, 4) is 5.75 Å². The number of rotatable bonds is 7. The molecule has 0 atom stereocenters. The van der Waals surface area contributed by atoms with E-state index in [4.69, 9.17) is 16.3 Å². The lowest BCUT2D eigenvalue weighted by Gasteiger charge is -2.22. The zero-order valence-corrected chi connectivity index (χ0v) is 19.4. The number of nitrogens with zero attached hydrogens (tertiary/aromatic N) is 3. The van der Waals surface area contributed by atoms with Gasteiger partial charge in [0.1, 0.15) is 5.75 Å². The number of ether oxygens (including phenoxy) is 1. The van der Waals surface area contributed by atoms with E-state index in [-0.39, 0.29) is 24.9 Å². The van der Waals surface area contributed by atoms with E-state index in [0.29, 0.717) is 22.4 Å². The van der Waals surface area contributed by atoms with Gasteiger partial charge in [0.25, 0.3) is 5.91 Å². The fourth-order valence-electron chi connectivity index (χ4n) is 2.38. The van der Waals surface area contributed by atoms with E-state index in [2.05, 4.69) is 20.9 Å². The molecule has 0 saturated heterocycles. The molecule has 2 aromatic carbocycles. The molecule has 28 heavy (non-hydrogen) atoms. The van der Waals surface area contributed by atoms with Crippen LogP contribution >= 0.6 is 51.3 Å². The van der Waals surface area contributed by atoms with E-state index < -0.39 is 0 Å². The number of halogens is 3. The highest BCUT2D eigenvalue weighted by molar-refractivity contribution is 9.10. The quantitative estimate of drug-likeness (QED) is 0.448. The van der Waals surface area contributed by atoms with Crippen LogP contribution in [0.15, 0.2) is 46.9 Å². The molecule has 0 aliphatic rings. The maximum Gasteiger partial charge on any atom is 0.266 e. The smallest absolute Gasteiger partial charge is 0.266 e. The van der Waals surface area contributed by atoms with Crippen molar-refractivity contribution < 1.29 is 9.53 Å². The molecule has 0 spiro atoms. The second-order valence-electron chi connectivity index (χ2n) is 6.20. The Morgan fingerprint density at radius 3 is 2.57 bits per heavy atom. The van der Waals surface area contributed by atoms with Gasteiger partial charge < -0.3 is 9.64 Å². The first kappa shape index (κ1) is 22.9. The molecular formula is C19H20BrCl2N3O2S. The minimum atomic E-state index is -0.134. The van der Waals surface area contributed by atoms with Gasteiger partial charge in [-0.1, -0.05) is 38.9 Å². The first-order chi connectivity index (χ1) is 12.9. The number of thiazole rings is 1. The Morgan fingerprint density at radius 2 is 1.89 bits per heavy atom. The number of benzene rings is 2. The fraction of sp³-hybridized carbons (Fsp3) is 0.263. The average molecular weight is 505 g/mol. The van der Waals surface area contributed by atoms with Crippen LogP contribution in [0.5, 0.6) is 5.75 Å². The van der Waals surface area contributed by atoms with E-state index in [1.54, 1.807) is 29.2 Å². The second kappa shape index (κ2) is 10.4. The van der Waals surface area contributed by atoms with Crippen molar-refractivity contribution in [2.24, 2.45) is 0 Å². The standard InChI is InChI=1S/C19H19BrClN3O2S.ClH/c1-23(2)9-10-24(18(25)12-26-15-6-4-14(21)5-7-15)19-22-16-8-3-13(20)11-17(16)27-19;/h3-8,11H,9-10,12H2,1-2H3;1H. The van der Waals surface area contributed by atoms with Crippen LogP contribution in [0.25, 0.3) is 10.2 Å². The summed E-state index contributed by atoms with van der Waals surface area (Å²) in [6.45, 7) is 1.21. The molecule has 0 saturated carbocycles. The molecule has 5 nitrogen and oxygen atoms in total. The molecule has 0 fully saturated rings. The van der Waals surface area contributed by atoms with E-state index in [1.165, 1.54) is 11.3 Å². The van der Waals surface area contributed by atoms with E-state index in [1.807, 2.05) is 37.2 Å². The van der Waals surface area contributed by atoms with Gasteiger partial charge in [-0.15, -0.1) is 12.4 Å². The molecule has 0 bridgehead atoms. The lowest BCUT2D eigenvalue weighted by Crippen LogP contribution is -2.39. The van der Waals surface area contributed by atoms with Crippen LogP contribution < -0.4 is 9.64 Å². The second-order valence-corrected chi connectivity index (χ2v) is 8.56. The molecule has 3 rings (SSSR count). The number of aromatic nitrogens is 1. The molecule has 0 unspecified atom stereocenters.